The first-order chi connectivity index (χ1) is 25.3. The Morgan fingerprint density at radius 3 is 1.86 bits per heavy atom. The van der Waals surface area contributed by atoms with Crippen molar-refractivity contribution in [1.82, 2.24) is 5.32 Å². The number of nitrogens with one attached hydrogen (secondary N) is 1. The molecule has 1 aliphatic rings. The second-order valence-electron chi connectivity index (χ2n) is 12.9. The molecule has 0 saturated carbocycles. The monoisotopic (exact) mass is 653 g/mol. The Bertz CT molecular complexity index is 2830. The third-order valence-electron chi connectivity index (χ3n) is 9.97. The second kappa shape index (κ2) is 12.0. The van der Waals surface area contributed by atoms with Gasteiger partial charge in [-0.15, -0.1) is 0 Å². The normalized spacial score (nSPS) is 14.5. The maximum atomic E-state index is 6.75. The molecule has 240 valence electrons. The average molecular weight is 654 g/mol. The molecule has 4 heteroatoms. The van der Waals surface area contributed by atoms with Crippen LogP contribution in [0.5, 0.6) is 0 Å². The lowest BCUT2D eigenvalue weighted by Gasteiger charge is -2.24. The summed E-state index contributed by atoms with van der Waals surface area (Å²) in [4.78, 5) is 10.2. The Morgan fingerprint density at radius 1 is 0.451 bits per heavy atom. The van der Waals surface area contributed by atoms with Gasteiger partial charge in [-0.25, -0.2) is 9.98 Å². The van der Waals surface area contributed by atoms with Crippen molar-refractivity contribution in [2.45, 2.75) is 6.17 Å². The number of furan rings is 1. The molecule has 0 saturated heterocycles. The molecule has 0 radical (unpaired) electrons. The fraction of sp³-hybridized carbons (Fsp3) is 0.0213. The first-order valence-corrected chi connectivity index (χ1v) is 17.3. The van der Waals surface area contributed by atoms with E-state index in [0.717, 1.165) is 77.5 Å². The second-order valence-corrected chi connectivity index (χ2v) is 12.9. The van der Waals surface area contributed by atoms with Gasteiger partial charge in [0.25, 0.3) is 0 Å². The first kappa shape index (κ1) is 29.2. The van der Waals surface area contributed by atoms with Gasteiger partial charge in [0.2, 0.25) is 0 Å². The van der Waals surface area contributed by atoms with Gasteiger partial charge in [0.1, 0.15) is 23.2 Å². The van der Waals surface area contributed by atoms with Crippen molar-refractivity contribution in [3.05, 3.63) is 193 Å². The predicted molar refractivity (Wildman–Crippen MR) is 211 cm³/mol. The SMILES string of the molecule is c1ccc(C2=NC(c3ccccc3)NC(c3ccc(-c4ccc(-c5cccc6ccccc56)c5oc6ccccc6c45)c4ccccc34)=N2)cc1. The van der Waals surface area contributed by atoms with Gasteiger partial charge in [-0.05, 0) is 55.9 Å². The standard InChI is InChI=1S/C47H31N3O/c1-3-15-31(16-4-1)45-48-46(32-17-5-2-6-18-32)50-47(49-45)40-29-26-37(35-21-9-10-22-36(35)40)38-27-28-39(34-24-13-19-30-14-7-8-20-33(30)34)44-43(38)41-23-11-12-25-42(41)51-44/h1-29,45H,(H,48,49,50). The summed E-state index contributed by atoms with van der Waals surface area (Å²) in [6.45, 7) is 0. The summed E-state index contributed by atoms with van der Waals surface area (Å²) in [5.41, 5.74) is 9.39. The van der Waals surface area contributed by atoms with Gasteiger partial charge in [0.05, 0.1) is 0 Å². The molecular formula is C47H31N3O. The minimum atomic E-state index is -0.272. The van der Waals surface area contributed by atoms with E-state index in [9.17, 15) is 0 Å². The van der Waals surface area contributed by atoms with Crippen LogP contribution in [0.2, 0.25) is 0 Å². The van der Waals surface area contributed by atoms with Crippen LogP contribution in [0, 0.1) is 0 Å². The Kier molecular flexibility index (Phi) is 6.85. The number of nitrogens with zero attached hydrogens (tertiary/aromatic N) is 2. The van der Waals surface area contributed by atoms with Gasteiger partial charge >= 0.3 is 0 Å². The summed E-state index contributed by atoms with van der Waals surface area (Å²) in [6, 6.07) is 61.5. The number of amidine groups is 2. The van der Waals surface area contributed by atoms with Gasteiger partial charge in [-0.3, -0.25) is 0 Å². The van der Waals surface area contributed by atoms with E-state index in [1.54, 1.807) is 0 Å². The molecule has 0 spiro atoms. The Labute approximate surface area is 295 Å². The van der Waals surface area contributed by atoms with Gasteiger partial charge < -0.3 is 9.73 Å². The van der Waals surface area contributed by atoms with Crippen LogP contribution in [0.1, 0.15) is 22.9 Å². The van der Waals surface area contributed by atoms with Crippen LogP contribution in [-0.2, 0) is 0 Å². The Morgan fingerprint density at radius 2 is 1.04 bits per heavy atom. The molecule has 1 atom stereocenters. The van der Waals surface area contributed by atoms with Crippen LogP contribution in [0.4, 0.5) is 0 Å². The van der Waals surface area contributed by atoms with Crippen LogP contribution in [0.15, 0.2) is 190 Å². The number of aliphatic imine (C=N–C) groups is 2. The van der Waals surface area contributed by atoms with Crippen molar-refractivity contribution >= 4 is 55.2 Å². The van der Waals surface area contributed by atoms with Gasteiger partial charge in [-0.2, -0.15) is 0 Å². The smallest absolute Gasteiger partial charge is 0.159 e. The molecule has 0 bridgehead atoms. The summed E-state index contributed by atoms with van der Waals surface area (Å²) in [6.07, 6.45) is -0.272. The molecule has 2 heterocycles. The van der Waals surface area contributed by atoms with E-state index < -0.39 is 0 Å². The molecule has 1 N–H and O–H groups in total. The average Bonchev–Trinajstić information content (AvgIpc) is 3.60. The molecule has 8 aromatic carbocycles. The molecule has 10 rings (SSSR count). The Balaban J connectivity index is 1.18. The van der Waals surface area contributed by atoms with Crippen LogP contribution < -0.4 is 5.32 Å². The zero-order valence-corrected chi connectivity index (χ0v) is 27.6. The van der Waals surface area contributed by atoms with E-state index >= 15 is 0 Å². The molecular weight excluding hydrogens is 623 g/mol. The van der Waals surface area contributed by atoms with E-state index in [1.807, 2.05) is 30.3 Å². The number of rotatable bonds is 5. The van der Waals surface area contributed by atoms with E-state index in [2.05, 4.69) is 151 Å². The third-order valence-corrected chi connectivity index (χ3v) is 9.97. The highest BCUT2D eigenvalue weighted by atomic mass is 16.3. The van der Waals surface area contributed by atoms with Gasteiger partial charge in [0.15, 0.2) is 5.84 Å². The fourth-order valence-corrected chi connectivity index (χ4v) is 7.57. The molecule has 4 nitrogen and oxygen atoms in total. The molecule has 51 heavy (non-hydrogen) atoms. The summed E-state index contributed by atoms with van der Waals surface area (Å²) < 4.78 is 6.75. The summed E-state index contributed by atoms with van der Waals surface area (Å²) >= 11 is 0. The number of fused-ring (bicyclic) bond motifs is 5. The van der Waals surface area contributed by atoms with Crippen LogP contribution >= 0.6 is 0 Å². The lowest BCUT2D eigenvalue weighted by molar-refractivity contribution is 0.670. The number of benzene rings is 8. The molecule has 0 fully saturated rings. The molecule has 0 amide bonds. The lowest BCUT2D eigenvalue weighted by Crippen LogP contribution is -2.33. The highest BCUT2D eigenvalue weighted by molar-refractivity contribution is 6.22. The maximum absolute atomic E-state index is 6.75. The molecule has 9 aromatic rings. The summed E-state index contributed by atoms with van der Waals surface area (Å²) in [5.74, 6) is 1.51. The van der Waals surface area contributed by atoms with Crippen molar-refractivity contribution in [1.29, 1.82) is 0 Å². The van der Waals surface area contributed by atoms with Crippen LogP contribution in [0.3, 0.4) is 0 Å². The quantitative estimate of drug-likeness (QED) is 0.201. The fourth-order valence-electron chi connectivity index (χ4n) is 7.57. The third kappa shape index (κ3) is 4.92. The van der Waals surface area contributed by atoms with Gasteiger partial charge in [-0.1, -0.05) is 164 Å². The largest absolute Gasteiger partial charge is 0.455 e. The zero-order valence-electron chi connectivity index (χ0n) is 27.6. The molecule has 0 aliphatic carbocycles. The minimum absolute atomic E-state index is 0.272. The minimum Gasteiger partial charge on any atom is -0.455 e. The molecule has 1 aliphatic heterocycles. The zero-order chi connectivity index (χ0) is 33.7. The summed E-state index contributed by atoms with van der Waals surface area (Å²) in [7, 11) is 0. The van der Waals surface area contributed by atoms with Crippen LogP contribution in [0.25, 0.3) is 65.7 Å². The predicted octanol–water partition coefficient (Wildman–Crippen LogP) is 11.7. The topological polar surface area (TPSA) is 49.9 Å². The van der Waals surface area contributed by atoms with E-state index in [-0.39, 0.29) is 6.17 Å². The van der Waals surface area contributed by atoms with Crippen molar-refractivity contribution in [2.75, 3.05) is 0 Å². The number of para-hydroxylation sites is 1. The molecule has 1 unspecified atom stereocenters. The highest BCUT2D eigenvalue weighted by Crippen LogP contribution is 2.45. The van der Waals surface area contributed by atoms with E-state index in [4.69, 9.17) is 14.4 Å². The van der Waals surface area contributed by atoms with Crippen molar-refractivity contribution < 1.29 is 4.42 Å². The number of hydrogen-bond acceptors (Lipinski definition) is 4. The number of hydrogen-bond donors (Lipinski definition) is 1. The van der Waals surface area contributed by atoms with Crippen LogP contribution in [-0.4, -0.2) is 11.7 Å². The maximum Gasteiger partial charge on any atom is 0.159 e. The summed E-state index contributed by atoms with van der Waals surface area (Å²) in [5, 5.41) is 10.6. The van der Waals surface area contributed by atoms with Gasteiger partial charge in [0, 0.05) is 27.5 Å². The van der Waals surface area contributed by atoms with Crippen molar-refractivity contribution in [3.8, 4) is 22.3 Å². The highest BCUT2D eigenvalue weighted by Gasteiger charge is 2.24. The molecule has 1 aromatic heterocycles. The Hall–Kier alpha value is -6.78. The lowest BCUT2D eigenvalue weighted by atomic mass is 9.89. The van der Waals surface area contributed by atoms with E-state index in [1.165, 1.54) is 10.8 Å². The van der Waals surface area contributed by atoms with Crippen molar-refractivity contribution in [3.63, 3.8) is 0 Å². The van der Waals surface area contributed by atoms with Crippen molar-refractivity contribution in [2.24, 2.45) is 9.98 Å². The first-order valence-electron chi connectivity index (χ1n) is 17.3. The van der Waals surface area contributed by atoms with E-state index in [0.29, 0.717) is 5.84 Å².